The maximum atomic E-state index is 5.58. The van der Waals surface area contributed by atoms with Gasteiger partial charge in [-0.05, 0) is 26.7 Å². The van der Waals surface area contributed by atoms with Crippen molar-refractivity contribution in [2.24, 2.45) is 0 Å². The highest BCUT2D eigenvalue weighted by Gasteiger charge is 2.05. The Balaban J connectivity index is 3.28. The highest BCUT2D eigenvalue weighted by Crippen LogP contribution is 1.98. The Kier molecular flexibility index (Phi) is 11.3. The summed E-state index contributed by atoms with van der Waals surface area (Å²) >= 11 is 0. The molecule has 0 heterocycles. The van der Waals surface area contributed by atoms with E-state index in [4.69, 9.17) is 14.2 Å². The van der Waals surface area contributed by atoms with Crippen molar-refractivity contribution in [2.45, 2.75) is 59.2 Å². The fourth-order valence-corrected chi connectivity index (χ4v) is 1.24. The smallest absolute Gasteiger partial charge is 0.0780 e. The normalized spacial score (nSPS) is 15.0. The van der Waals surface area contributed by atoms with E-state index in [-0.39, 0.29) is 12.2 Å². The van der Waals surface area contributed by atoms with Crippen LogP contribution < -0.4 is 0 Å². The molecule has 0 aliphatic rings. The van der Waals surface area contributed by atoms with Gasteiger partial charge < -0.3 is 14.2 Å². The lowest BCUT2D eigenvalue weighted by molar-refractivity contribution is -0.0470. The lowest BCUT2D eigenvalue weighted by Gasteiger charge is -2.16. The molecule has 3 heteroatoms. The second-order valence-corrected chi connectivity index (χ2v) is 4.25. The summed E-state index contributed by atoms with van der Waals surface area (Å²) in [5.74, 6) is 0. The second-order valence-electron chi connectivity index (χ2n) is 4.25. The van der Waals surface area contributed by atoms with E-state index in [9.17, 15) is 0 Å². The molecule has 0 saturated heterocycles. The van der Waals surface area contributed by atoms with Crippen molar-refractivity contribution in [3.63, 3.8) is 0 Å². The van der Waals surface area contributed by atoms with E-state index in [0.717, 1.165) is 26.1 Å². The summed E-state index contributed by atoms with van der Waals surface area (Å²) in [4.78, 5) is 0. The number of hydrogen-bond donors (Lipinski definition) is 0. The van der Waals surface area contributed by atoms with Crippen LogP contribution in [-0.4, -0.2) is 38.6 Å². The van der Waals surface area contributed by atoms with E-state index >= 15 is 0 Å². The molecule has 0 saturated carbocycles. The van der Waals surface area contributed by atoms with E-state index < -0.39 is 0 Å². The standard InChI is InChI=1S/C13H28O3/c1-5-7-9-16-13(4)11-14-10-12(3)15-8-6-2/h12-13H,5-11H2,1-4H3. The largest absolute Gasteiger partial charge is 0.376 e. The minimum Gasteiger partial charge on any atom is -0.376 e. The Labute approximate surface area is 100 Å². The van der Waals surface area contributed by atoms with E-state index in [0.29, 0.717) is 13.2 Å². The third-order valence-corrected chi connectivity index (χ3v) is 2.21. The molecule has 0 radical (unpaired) electrons. The predicted molar refractivity (Wildman–Crippen MR) is 66.8 cm³/mol. The Hall–Kier alpha value is -0.120. The van der Waals surface area contributed by atoms with Crippen LogP contribution in [0.25, 0.3) is 0 Å². The van der Waals surface area contributed by atoms with E-state index in [1.807, 2.05) is 13.8 Å². The molecule has 0 rings (SSSR count). The monoisotopic (exact) mass is 232 g/mol. The average Bonchev–Trinajstić information content (AvgIpc) is 2.26. The van der Waals surface area contributed by atoms with Crippen molar-refractivity contribution in [1.29, 1.82) is 0 Å². The van der Waals surface area contributed by atoms with Gasteiger partial charge in [0.2, 0.25) is 0 Å². The minimum absolute atomic E-state index is 0.183. The molecule has 3 nitrogen and oxygen atoms in total. The van der Waals surface area contributed by atoms with E-state index in [2.05, 4.69) is 13.8 Å². The molecule has 16 heavy (non-hydrogen) atoms. The second kappa shape index (κ2) is 11.4. The van der Waals surface area contributed by atoms with Crippen LogP contribution in [0.3, 0.4) is 0 Å². The van der Waals surface area contributed by atoms with Gasteiger partial charge in [0.1, 0.15) is 0 Å². The topological polar surface area (TPSA) is 27.7 Å². The van der Waals surface area contributed by atoms with Gasteiger partial charge in [-0.2, -0.15) is 0 Å². The first-order valence-electron chi connectivity index (χ1n) is 6.51. The predicted octanol–water partition coefficient (Wildman–Crippen LogP) is 3.02. The number of ether oxygens (including phenoxy) is 3. The van der Waals surface area contributed by atoms with Gasteiger partial charge >= 0.3 is 0 Å². The summed E-state index contributed by atoms with van der Waals surface area (Å²) in [6, 6.07) is 0. The molecule has 0 bridgehead atoms. The lowest BCUT2D eigenvalue weighted by Crippen LogP contribution is -2.22. The third kappa shape index (κ3) is 10.4. The van der Waals surface area contributed by atoms with Crippen molar-refractivity contribution >= 4 is 0 Å². The zero-order valence-corrected chi connectivity index (χ0v) is 11.3. The van der Waals surface area contributed by atoms with Crippen LogP contribution in [0.2, 0.25) is 0 Å². The first-order valence-corrected chi connectivity index (χ1v) is 6.51. The van der Waals surface area contributed by atoms with Gasteiger partial charge in [-0.25, -0.2) is 0 Å². The van der Waals surface area contributed by atoms with Gasteiger partial charge in [-0.1, -0.05) is 20.3 Å². The molecule has 2 atom stereocenters. The van der Waals surface area contributed by atoms with Gasteiger partial charge in [0.05, 0.1) is 25.4 Å². The highest BCUT2D eigenvalue weighted by molar-refractivity contribution is 4.51. The summed E-state index contributed by atoms with van der Waals surface area (Å²) in [7, 11) is 0. The first-order chi connectivity index (χ1) is 7.70. The summed E-state index contributed by atoms with van der Waals surface area (Å²) in [6.07, 6.45) is 3.73. The van der Waals surface area contributed by atoms with Crippen molar-refractivity contribution in [3.05, 3.63) is 0 Å². The van der Waals surface area contributed by atoms with Crippen molar-refractivity contribution < 1.29 is 14.2 Å². The third-order valence-electron chi connectivity index (χ3n) is 2.21. The molecular weight excluding hydrogens is 204 g/mol. The average molecular weight is 232 g/mol. The fraction of sp³-hybridized carbons (Fsp3) is 1.00. The van der Waals surface area contributed by atoms with Crippen LogP contribution in [-0.2, 0) is 14.2 Å². The fourth-order valence-electron chi connectivity index (χ4n) is 1.24. The van der Waals surface area contributed by atoms with Gasteiger partial charge in [0.25, 0.3) is 0 Å². The number of rotatable bonds is 11. The van der Waals surface area contributed by atoms with Crippen LogP contribution in [0, 0.1) is 0 Å². The summed E-state index contributed by atoms with van der Waals surface area (Å²) in [6.45, 7) is 11.3. The van der Waals surface area contributed by atoms with Crippen LogP contribution in [0.15, 0.2) is 0 Å². The van der Waals surface area contributed by atoms with E-state index in [1.165, 1.54) is 6.42 Å². The summed E-state index contributed by atoms with van der Waals surface area (Å²) in [5.41, 5.74) is 0. The quantitative estimate of drug-likeness (QED) is 0.512. The molecule has 0 aromatic heterocycles. The SMILES string of the molecule is CCCCOC(C)COCC(C)OCCC. The molecule has 0 fully saturated rings. The molecule has 0 spiro atoms. The zero-order chi connectivity index (χ0) is 12.2. The Morgan fingerprint density at radius 3 is 1.88 bits per heavy atom. The Morgan fingerprint density at radius 2 is 1.38 bits per heavy atom. The summed E-state index contributed by atoms with van der Waals surface area (Å²) < 4.78 is 16.6. The summed E-state index contributed by atoms with van der Waals surface area (Å²) in [5, 5.41) is 0. The molecule has 0 amide bonds. The molecule has 2 unspecified atom stereocenters. The first kappa shape index (κ1) is 15.9. The highest BCUT2D eigenvalue weighted by atomic mass is 16.6. The molecule has 0 aromatic carbocycles. The van der Waals surface area contributed by atoms with Crippen molar-refractivity contribution in [1.82, 2.24) is 0 Å². The maximum absolute atomic E-state index is 5.58. The molecule has 0 N–H and O–H groups in total. The van der Waals surface area contributed by atoms with Crippen molar-refractivity contribution in [3.8, 4) is 0 Å². The van der Waals surface area contributed by atoms with Crippen molar-refractivity contribution in [2.75, 3.05) is 26.4 Å². The van der Waals surface area contributed by atoms with Crippen LogP contribution in [0.1, 0.15) is 47.0 Å². The molecule has 0 aliphatic carbocycles. The Morgan fingerprint density at radius 1 is 0.812 bits per heavy atom. The number of hydrogen-bond acceptors (Lipinski definition) is 3. The molecule has 0 aromatic rings. The zero-order valence-electron chi connectivity index (χ0n) is 11.3. The Bertz CT molecular complexity index is 139. The molecular formula is C13H28O3. The minimum atomic E-state index is 0.183. The van der Waals surface area contributed by atoms with Gasteiger partial charge in [0.15, 0.2) is 0 Å². The van der Waals surface area contributed by atoms with E-state index in [1.54, 1.807) is 0 Å². The van der Waals surface area contributed by atoms with Gasteiger partial charge in [-0.15, -0.1) is 0 Å². The van der Waals surface area contributed by atoms with Gasteiger partial charge in [0, 0.05) is 13.2 Å². The number of unbranched alkanes of at least 4 members (excludes halogenated alkanes) is 1. The van der Waals surface area contributed by atoms with Crippen LogP contribution >= 0.6 is 0 Å². The maximum Gasteiger partial charge on any atom is 0.0780 e. The molecule has 98 valence electrons. The van der Waals surface area contributed by atoms with Gasteiger partial charge in [-0.3, -0.25) is 0 Å². The van der Waals surface area contributed by atoms with Crippen LogP contribution in [0.4, 0.5) is 0 Å². The molecule has 0 aliphatic heterocycles. The van der Waals surface area contributed by atoms with Crippen LogP contribution in [0.5, 0.6) is 0 Å². The lowest BCUT2D eigenvalue weighted by atomic mass is 10.3.